The molecule has 0 aliphatic rings. The van der Waals surface area contributed by atoms with Crippen molar-refractivity contribution in [3.8, 4) is 5.75 Å². The smallest absolute Gasteiger partial charge is 0.122 e. The predicted molar refractivity (Wildman–Crippen MR) is 71.2 cm³/mol. The van der Waals surface area contributed by atoms with Crippen LogP contribution in [0.4, 0.5) is 0 Å². The summed E-state index contributed by atoms with van der Waals surface area (Å²) in [6.45, 7) is 2.83. The average Bonchev–Trinajstić information content (AvgIpc) is 2.75. The zero-order valence-electron chi connectivity index (χ0n) is 11.0. The van der Waals surface area contributed by atoms with E-state index in [0.717, 1.165) is 17.9 Å². The number of phenolic OH excluding ortho intramolecular Hbond substituents is 1. The van der Waals surface area contributed by atoms with Crippen LogP contribution >= 0.6 is 0 Å². The molecule has 0 spiro atoms. The van der Waals surface area contributed by atoms with Gasteiger partial charge in [0.1, 0.15) is 11.6 Å². The van der Waals surface area contributed by atoms with Crippen molar-refractivity contribution in [2.24, 2.45) is 7.05 Å². The highest BCUT2D eigenvalue weighted by molar-refractivity contribution is 5.34. The lowest BCUT2D eigenvalue weighted by atomic mass is 10.1. The minimum Gasteiger partial charge on any atom is -0.508 e. The predicted octanol–water partition coefficient (Wildman–Crippen LogP) is 2.32. The molecule has 1 N–H and O–H groups in total. The minimum atomic E-state index is 0.142. The van der Waals surface area contributed by atoms with Crippen molar-refractivity contribution in [1.82, 2.24) is 14.5 Å². The number of hydrogen-bond acceptors (Lipinski definition) is 3. The Kier molecular flexibility index (Phi) is 3.67. The first-order valence-electron chi connectivity index (χ1n) is 6.04. The number of aryl methyl sites for hydroxylation is 1. The van der Waals surface area contributed by atoms with Crippen molar-refractivity contribution in [1.29, 1.82) is 0 Å². The fraction of sp³-hybridized carbons (Fsp3) is 0.357. The maximum atomic E-state index is 9.86. The number of rotatable bonds is 4. The zero-order chi connectivity index (χ0) is 13.1. The fourth-order valence-corrected chi connectivity index (χ4v) is 1.99. The Morgan fingerprint density at radius 1 is 1.39 bits per heavy atom. The standard InChI is InChI=1S/C14H19N3O/c1-11(12-6-4-5-7-13(12)18)17(3)10-14-15-8-9-16(14)2/h4-9,11,18H,10H2,1-3H3. The normalized spacial score (nSPS) is 12.9. The van der Waals surface area contributed by atoms with Crippen molar-refractivity contribution in [2.75, 3.05) is 7.05 Å². The van der Waals surface area contributed by atoms with E-state index < -0.39 is 0 Å². The van der Waals surface area contributed by atoms with Gasteiger partial charge in [-0.25, -0.2) is 4.98 Å². The third kappa shape index (κ3) is 2.54. The van der Waals surface area contributed by atoms with Crippen LogP contribution < -0.4 is 0 Å². The first-order chi connectivity index (χ1) is 8.59. The molecule has 18 heavy (non-hydrogen) atoms. The molecule has 0 aliphatic carbocycles. The Labute approximate surface area is 108 Å². The monoisotopic (exact) mass is 245 g/mol. The first kappa shape index (κ1) is 12.6. The summed E-state index contributed by atoms with van der Waals surface area (Å²) in [5.74, 6) is 1.36. The zero-order valence-corrected chi connectivity index (χ0v) is 11.0. The van der Waals surface area contributed by atoms with Crippen LogP contribution in [-0.2, 0) is 13.6 Å². The van der Waals surface area contributed by atoms with Gasteiger partial charge in [-0.1, -0.05) is 18.2 Å². The van der Waals surface area contributed by atoms with Crippen molar-refractivity contribution in [2.45, 2.75) is 19.5 Å². The Morgan fingerprint density at radius 3 is 2.72 bits per heavy atom. The molecule has 0 fully saturated rings. The number of phenols is 1. The van der Waals surface area contributed by atoms with Crippen molar-refractivity contribution < 1.29 is 5.11 Å². The SMILES string of the molecule is CC(c1ccccc1O)N(C)Cc1nccn1C. The number of aromatic nitrogens is 2. The van der Waals surface area contributed by atoms with Crippen LogP contribution in [0, 0.1) is 0 Å². The second-order valence-electron chi connectivity index (χ2n) is 4.60. The molecular formula is C14H19N3O. The summed E-state index contributed by atoms with van der Waals surface area (Å²) in [4.78, 5) is 6.48. The Balaban J connectivity index is 2.12. The van der Waals surface area contributed by atoms with Gasteiger partial charge in [-0.3, -0.25) is 4.90 Å². The largest absolute Gasteiger partial charge is 0.508 e. The molecule has 0 amide bonds. The molecule has 4 heteroatoms. The van der Waals surface area contributed by atoms with Gasteiger partial charge in [-0.05, 0) is 20.0 Å². The van der Waals surface area contributed by atoms with Gasteiger partial charge in [-0.2, -0.15) is 0 Å². The van der Waals surface area contributed by atoms with Crippen molar-refractivity contribution in [3.05, 3.63) is 48.0 Å². The van der Waals surface area contributed by atoms with Gasteiger partial charge in [0.15, 0.2) is 0 Å². The van der Waals surface area contributed by atoms with E-state index in [-0.39, 0.29) is 6.04 Å². The maximum Gasteiger partial charge on any atom is 0.122 e. The number of imidazole rings is 1. The first-order valence-corrected chi connectivity index (χ1v) is 6.04. The highest BCUT2D eigenvalue weighted by atomic mass is 16.3. The summed E-state index contributed by atoms with van der Waals surface area (Å²) >= 11 is 0. The second-order valence-corrected chi connectivity index (χ2v) is 4.60. The minimum absolute atomic E-state index is 0.142. The van der Waals surface area contributed by atoms with E-state index in [2.05, 4.69) is 16.8 Å². The molecule has 0 radical (unpaired) electrons. The van der Waals surface area contributed by atoms with Gasteiger partial charge < -0.3 is 9.67 Å². The topological polar surface area (TPSA) is 41.3 Å². The van der Waals surface area contributed by atoms with Crippen LogP contribution in [0.5, 0.6) is 5.75 Å². The lowest BCUT2D eigenvalue weighted by Gasteiger charge is -2.25. The van der Waals surface area contributed by atoms with Crippen molar-refractivity contribution in [3.63, 3.8) is 0 Å². The fourth-order valence-electron chi connectivity index (χ4n) is 1.99. The number of para-hydroxylation sites is 1. The molecule has 0 saturated carbocycles. The Hall–Kier alpha value is -1.81. The van der Waals surface area contributed by atoms with Gasteiger partial charge in [-0.15, -0.1) is 0 Å². The van der Waals surface area contributed by atoms with E-state index in [1.807, 2.05) is 43.1 Å². The number of hydrogen-bond donors (Lipinski definition) is 1. The van der Waals surface area contributed by atoms with E-state index in [0.29, 0.717) is 5.75 Å². The van der Waals surface area contributed by atoms with E-state index >= 15 is 0 Å². The molecule has 96 valence electrons. The molecule has 1 unspecified atom stereocenters. The highest BCUT2D eigenvalue weighted by Crippen LogP contribution is 2.27. The summed E-state index contributed by atoms with van der Waals surface area (Å²) in [5.41, 5.74) is 0.939. The van der Waals surface area contributed by atoms with Crippen LogP contribution in [0.3, 0.4) is 0 Å². The molecule has 2 aromatic rings. The molecular weight excluding hydrogens is 226 g/mol. The average molecular weight is 245 g/mol. The quantitative estimate of drug-likeness (QED) is 0.898. The van der Waals surface area contributed by atoms with Gasteiger partial charge in [0.25, 0.3) is 0 Å². The van der Waals surface area contributed by atoms with E-state index in [9.17, 15) is 5.11 Å². The third-order valence-corrected chi connectivity index (χ3v) is 3.36. The lowest BCUT2D eigenvalue weighted by Crippen LogP contribution is -2.23. The molecule has 1 aromatic carbocycles. The van der Waals surface area contributed by atoms with E-state index in [1.54, 1.807) is 12.3 Å². The molecule has 0 aliphatic heterocycles. The van der Waals surface area contributed by atoms with Gasteiger partial charge in [0, 0.05) is 31.0 Å². The molecule has 1 aromatic heterocycles. The molecule has 1 atom stereocenters. The summed E-state index contributed by atoms with van der Waals surface area (Å²) in [6, 6.07) is 7.60. The van der Waals surface area contributed by atoms with E-state index in [1.165, 1.54) is 0 Å². The Bertz CT molecular complexity index is 521. The van der Waals surface area contributed by atoms with E-state index in [4.69, 9.17) is 0 Å². The third-order valence-electron chi connectivity index (χ3n) is 3.36. The number of benzene rings is 1. The summed E-state index contributed by atoms with van der Waals surface area (Å²) in [6.07, 6.45) is 3.74. The second kappa shape index (κ2) is 5.23. The molecule has 2 rings (SSSR count). The van der Waals surface area contributed by atoms with Gasteiger partial charge >= 0.3 is 0 Å². The number of aromatic hydroxyl groups is 1. The summed E-state index contributed by atoms with van der Waals surface area (Å²) in [5, 5.41) is 9.86. The Morgan fingerprint density at radius 2 is 2.11 bits per heavy atom. The van der Waals surface area contributed by atoms with Gasteiger partial charge in [0.2, 0.25) is 0 Å². The number of nitrogens with zero attached hydrogens (tertiary/aromatic N) is 3. The van der Waals surface area contributed by atoms with Crippen LogP contribution in [0.2, 0.25) is 0 Å². The summed E-state index contributed by atoms with van der Waals surface area (Å²) < 4.78 is 2.01. The van der Waals surface area contributed by atoms with Crippen LogP contribution in [0.1, 0.15) is 24.4 Å². The molecule has 1 heterocycles. The highest BCUT2D eigenvalue weighted by Gasteiger charge is 2.16. The van der Waals surface area contributed by atoms with Crippen LogP contribution in [0.15, 0.2) is 36.7 Å². The summed E-state index contributed by atoms with van der Waals surface area (Å²) in [7, 11) is 4.02. The van der Waals surface area contributed by atoms with Gasteiger partial charge in [0.05, 0.1) is 6.54 Å². The lowest BCUT2D eigenvalue weighted by molar-refractivity contribution is 0.240. The maximum absolute atomic E-state index is 9.86. The van der Waals surface area contributed by atoms with Crippen molar-refractivity contribution >= 4 is 0 Å². The molecule has 4 nitrogen and oxygen atoms in total. The van der Waals surface area contributed by atoms with Crippen LogP contribution in [0.25, 0.3) is 0 Å². The molecule has 0 bridgehead atoms. The molecule has 0 saturated heterocycles. The van der Waals surface area contributed by atoms with Crippen LogP contribution in [-0.4, -0.2) is 26.6 Å².